The fourth-order valence-electron chi connectivity index (χ4n) is 3.54. The van der Waals surface area contributed by atoms with Gasteiger partial charge in [0.05, 0.1) is 4.90 Å². The van der Waals surface area contributed by atoms with E-state index in [1.807, 2.05) is 30.3 Å². The highest BCUT2D eigenvalue weighted by atomic mass is 32.2. The van der Waals surface area contributed by atoms with Gasteiger partial charge in [-0.15, -0.1) is 10.2 Å². The Kier molecular flexibility index (Phi) is 7.31. The molecule has 2 heterocycles. The van der Waals surface area contributed by atoms with E-state index in [0.29, 0.717) is 24.5 Å². The first-order valence-electron chi connectivity index (χ1n) is 10.9. The number of nitrogens with zero attached hydrogens (tertiary/aromatic N) is 3. The van der Waals surface area contributed by atoms with Gasteiger partial charge in [-0.05, 0) is 48.7 Å². The van der Waals surface area contributed by atoms with Crippen LogP contribution < -0.4 is 0 Å². The van der Waals surface area contributed by atoms with Crippen molar-refractivity contribution in [3.05, 3.63) is 72.1 Å². The van der Waals surface area contributed by atoms with Gasteiger partial charge in [0, 0.05) is 24.7 Å². The molecule has 0 N–H and O–H groups in total. The summed E-state index contributed by atoms with van der Waals surface area (Å²) in [6, 6.07) is 15.8. The molecule has 3 aromatic rings. The molecule has 9 heteroatoms. The second kappa shape index (κ2) is 10.5. The van der Waals surface area contributed by atoms with E-state index in [2.05, 4.69) is 10.2 Å². The Morgan fingerprint density at radius 2 is 1.67 bits per heavy atom. The van der Waals surface area contributed by atoms with Crippen LogP contribution in [-0.2, 0) is 26.2 Å². The topological polar surface area (TPSA) is 103 Å². The average molecular weight is 468 g/mol. The van der Waals surface area contributed by atoms with Gasteiger partial charge in [0.15, 0.2) is 6.61 Å². The van der Waals surface area contributed by atoms with Gasteiger partial charge in [0.2, 0.25) is 15.9 Å². The van der Waals surface area contributed by atoms with E-state index >= 15 is 0 Å². The summed E-state index contributed by atoms with van der Waals surface area (Å²) in [5, 5.41) is 7.83. The second-order valence-corrected chi connectivity index (χ2v) is 9.63. The highest BCUT2D eigenvalue weighted by molar-refractivity contribution is 7.89. The Hall–Kier alpha value is -3.30. The van der Waals surface area contributed by atoms with E-state index in [-0.39, 0.29) is 17.4 Å². The Morgan fingerprint density at radius 3 is 2.36 bits per heavy atom. The summed E-state index contributed by atoms with van der Waals surface area (Å²) in [5.41, 5.74) is 1.47. The summed E-state index contributed by atoms with van der Waals surface area (Å²) in [7, 11) is -3.50. The van der Waals surface area contributed by atoms with Crippen LogP contribution in [0.15, 0.2) is 70.0 Å². The van der Waals surface area contributed by atoms with Crippen molar-refractivity contribution in [3.63, 3.8) is 0 Å². The van der Waals surface area contributed by atoms with Crippen LogP contribution in [0.2, 0.25) is 0 Å². The number of rotatable bonds is 7. The first-order valence-corrected chi connectivity index (χ1v) is 12.3. The number of hydrogen-bond donors (Lipinski definition) is 0. The Balaban J connectivity index is 1.31. The molecule has 2 aromatic carbocycles. The van der Waals surface area contributed by atoms with Gasteiger partial charge in [-0.3, -0.25) is 0 Å². The van der Waals surface area contributed by atoms with Gasteiger partial charge in [-0.1, -0.05) is 43.2 Å². The number of esters is 1. The van der Waals surface area contributed by atoms with Gasteiger partial charge < -0.3 is 9.15 Å². The third-order valence-electron chi connectivity index (χ3n) is 5.32. The zero-order chi connectivity index (χ0) is 23.1. The maximum atomic E-state index is 12.8. The zero-order valence-electron chi connectivity index (χ0n) is 18.1. The van der Waals surface area contributed by atoms with Gasteiger partial charge in [0.25, 0.3) is 5.89 Å². The van der Waals surface area contributed by atoms with Gasteiger partial charge in [0.1, 0.15) is 0 Å². The third kappa shape index (κ3) is 5.94. The molecule has 33 heavy (non-hydrogen) atoms. The number of carbonyl (C=O) groups is 1. The fraction of sp³-hybridized carbons (Fsp3) is 0.292. The minimum Gasteiger partial charge on any atom is -0.452 e. The van der Waals surface area contributed by atoms with Crippen molar-refractivity contribution in [2.75, 3.05) is 13.1 Å². The van der Waals surface area contributed by atoms with Crippen LogP contribution in [0.3, 0.4) is 0 Å². The summed E-state index contributed by atoms with van der Waals surface area (Å²) < 4.78 is 37.9. The Bertz CT molecular complexity index is 1200. The summed E-state index contributed by atoms with van der Waals surface area (Å²) >= 11 is 0. The van der Waals surface area contributed by atoms with Crippen LogP contribution in [0.5, 0.6) is 0 Å². The van der Waals surface area contributed by atoms with Crippen molar-refractivity contribution in [2.24, 2.45) is 0 Å². The lowest BCUT2D eigenvalue weighted by Crippen LogP contribution is -2.31. The van der Waals surface area contributed by atoms with Crippen LogP contribution in [-0.4, -0.2) is 42.0 Å². The number of ether oxygens (including phenoxy) is 1. The van der Waals surface area contributed by atoms with E-state index in [0.717, 1.165) is 31.2 Å². The minimum atomic E-state index is -3.50. The van der Waals surface area contributed by atoms with E-state index < -0.39 is 16.0 Å². The van der Waals surface area contributed by atoms with Crippen LogP contribution in [0.1, 0.15) is 37.1 Å². The third-order valence-corrected chi connectivity index (χ3v) is 7.23. The molecular formula is C24H25N3O5S. The van der Waals surface area contributed by atoms with Crippen molar-refractivity contribution in [1.29, 1.82) is 0 Å². The SMILES string of the molecule is O=C(C=Cc1ccc(S(=O)(=O)N2CCCCCC2)cc1)OCc1nnc(-c2ccccc2)o1. The molecule has 0 radical (unpaired) electrons. The molecule has 1 aromatic heterocycles. The van der Waals surface area contributed by atoms with Gasteiger partial charge in [-0.2, -0.15) is 4.31 Å². The van der Waals surface area contributed by atoms with Crippen molar-refractivity contribution in [3.8, 4) is 11.5 Å². The summed E-state index contributed by atoms with van der Waals surface area (Å²) in [5.74, 6) is -0.0261. The number of sulfonamides is 1. The molecule has 1 fully saturated rings. The largest absolute Gasteiger partial charge is 0.452 e. The highest BCUT2D eigenvalue weighted by Crippen LogP contribution is 2.21. The minimum absolute atomic E-state index is 0.143. The number of aromatic nitrogens is 2. The Morgan fingerprint density at radius 1 is 0.970 bits per heavy atom. The van der Waals surface area contributed by atoms with Crippen molar-refractivity contribution in [1.82, 2.24) is 14.5 Å². The van der Waals surface area contributed by atoms with Gasteiger partial charge >= 0.3 is 5.97 Å². The number of hydrogen-bond acceptors (Lipinski definition) is 7. The van der Waals surface area contributed by atoms with Crippen LogP contribution in [0, 0.1) is 0 Å². The first kappa shape index (κ1) is 22.9. The summed E-state index contributed by atoms with van der Waals surface area (Å²) in [6.45, 7) is 0.974. The molecule has 0 bridgehead atoms. The maximum absolute atomic E-state index is 12.8. The molecule has 0 unspecified atom stereocenters. The highest BCUT2D eigenvalue weighted by Gasteiger charge is 2.24. The molecule has 0 atom stereocenters. The van der Waals surface area contributed by atoms with Gasteiger partial charge in [-0.25, -0.2) is 13.2 Å². The van der Waals surface area contributed by atoms with E-state index in [1.165, 1.54) is 6.08 Å². The summed E-state index contributed by atoms with van der Waals surface area (Å²) in [6.07, 6.45) is 6.73. The lowest BCUT2D eigenvalue weighted by molar-refractivity contribution is -0.139. The van der Waals surface area contributed by atoms with Crippen molar-refractivity contribution >= 4 is 22.1 Å². The first-order chi connectivity index (χ1) is 16.0. The fourth-order valence-corrected chi connectivity index (χ4v) is 5.05. The molecule has 0 aliphatic carbocycles. The molecule has 0 amide bonds. The van der Waals surface area contributed by atoms with Crippen molar-refractivity contribution < 1.29 is 22.4 Å². The Labute approximate surface area is 192 Å². The lowest BCUT2D eigenvalue weighted by atomic mass is 10.2. The second-order valence-electron chi connectivity index (χ2n) is 7.70. The molecule has 4 rings (SSSR count). The standard InChI is InChI=1S/C24H25N3O5S/c28-23(31-18-22-25-26-24(32-22)20-8-4-3-5-9-20)15-12-19-10-13-21(14-11-19)33(29,30)27-16-6-1-2-7-17-27/h3-5,8-15H,1-2,6-7,16-18H2. The predicted molar refractivity (Wildman–Crippen MR) is 122 cm³/mol. The smallest absolute Gasteiger partial charge is 0.331 e. The monoisotopic (exact) mass is 467 g/mol. The number of benzene rings is 2. The van der Waals surface area contributed by atoms with Crippen LogP contribution in [0.25, 0.3) is 17.5 Å². The molecule has 172 valence electrons. The normalized spacial score (nSPS) is 15.4. The molecule has 8 nitrogen and oxygen atoms in total. The molecule has 1 aliphatic heterocycles. The zero-order valence-corrected chi connectivity index (χ0v) is 18.9. The van der Waals surface area contributed by atoms with Crippen molar-refractivity contribution in [2.45, 2.75) is 37.2 Å². The summed E-state index contributed by atoms with van der Waals surface area (Å²) in [4.78, 5) is 12.3. The predicted octanol–water partition coefficient (Wildman–Crippen LogP) is 4.06. The number of carbonyl (C=O) groups excluding carboxylic acids is 1. The molecule has 0 spiro atoms. The van der Waals surface area contributed by atoms with E-state index in [4.69, 9.17) is 9.15 Å². The molecule has 1 saturated heterocycles. The molecule has 1 aliphatic rings. The molecular weight excluding hydrogens is 442 g/mol. The maximum Gasteiger partial charge on any atom is 0.331 e. The molecule has 0 saturated carbocycles. The van der Waals surface area contributed by atoms with Crippen LogP contribution in [0.4, 0.5) is 0 Å². The van der Waals surface area contributed by atoms with Crippen LogP contribution >= 0.6 is 0 Å². The van der Waals surface area contributed by atoms with E-state index in [9.17, 15) is 13.2 Å². The van der Waals surface area contributed by atoms with E-state index in [1.54, 1.807) is 34.6 Å². The lowest BCUT2D eigenvalue weighted by Gasteiger charge is -2.19. The average Bonchev–Trinajstić information content (AvgIpc) is 3.14. The quantitative estimate of drug-likeness (QED) is 0.381.